The van der Waals surface area contributed by atoms with Crippen molar-refractivity contribution in [2.45, 2.75) is 97.7 Å². The monoisotopic (exact) mass is 358 g/mol. The molecular formula is C15H36O5P2. The lowest BCUT2D eigenvalue weighted by Crippen LogP contribution is -2.25. The van der Waals surface area contributed by atoms with Crippen molar-refractivity contribution in [2.24, 2.45) is 0 Å². The third-order valence-electron chi connectivity index (χ3n) is 2.91. The van der Waals surface area contributed by atoms with Crippen LogP contribution in [0.25, 0.3) is 0 Å². The number of hydrogen-bond acceptors (Lipinski definition) is 3. The molecule has 2 unspecified atom stereocenters. The molecule has 0 aromatic rings. The smallest absolute Gasteiger partial charge is 0.333 e. The van der Waals surface area contributed by atoms with E-state index in [0.717, 1.165) is 0 Å². The van der Waals surface area contributed by atoms with E-state index in [1.807, 2.05) is 0 Å². The van der Waals surface area contributed by atoms with E-state index in [1.54, 1.807) is 76.2 Å². The summed E-state index contributed by atoms with van der Waals surface area (Å²) in [6.07, 6.45) is 0. The average Bonchev–Trinajstić information content (AvgIpc) is 2.10. The second kappa shape index (κ2) is 7.49. The Labute approximate surface area is 136 Å². The molecule has 0 aliphatic heterocycles. The van der Waals surface area contributed by atoms with Gasteiger partial charge in [-0.1, -0.05) is 34.6 Å². The van der Waals surface area contributed by atoms with Gasteiger partial charge in [0.2, 0.25) is 7.37 Å². The molecular weight excluding hydrogens is 322 g/mol. The van der Waals surface area contributed by atoms with Crippen molar-refractivity contribution >= 4 is 15.0 Å². The summed E-state index contributed by atoms with van der Waals surface area (Å²) in [6.45, 7) is 19.3. The van der Waals surface area contributed by atoms with Gasteiger partial charge >= 0.3 is 7.60 Å². The molecule has 0 aromatic carbocycles. The van der Waals surface area contributed by atoms with Gasteiger partial charge in [0.15, 0.2) is 0 Å². The van der Waals surface area contributed by atoms with Crippen molar-refractivity contribution in [3.05, 3.63) is 0 Å². The predicted molar refractivity (Wildman–Crippen MR) is 95.1 cm³/mol. The van der Waals surface area contributed by atoms with E-state index in [0.29, 0.717) is 0 Å². The van der Waals surface area contributed by atoms with Crippen molar-refractivity contribution in [3.63, 3.8) is 0 Å². The van der Waals surface area contributed by atoms with Crippen molar-refractivity contribution in [2.75, 3.05) is 0 Å². The maximum absolute atomic E-state index is 11.6. The first-order chi connectivity index (χ1) is 9.15. The lowest BCUT2D eigenvalue weighted by atomic mass is 10.2. The highest BCUT2D eigenvalue weighted by molar-refractivity contribution is 7.60. The minimum Gasteiger partial charge on any atom is -0.344 e. The molecule has 0 aliphatic carbocycles. The highest BCUT2D eigenvalue weighted by Gasteiger charge is 2.39. The summed E-state index contributed by atoms with van der Waals surface area (Å²) < 4.78 is 28.2. The molecule has 2 N–H and O–H groups in total. The second-order valence-electron chi connectivity index (χ2n) is 8.78. The zero-order valence-electron chi connectivity index (χ0n) is 16.1. The Morgan fingerprint density at radius 2 is 1.09 bits per heavy atom. The lowest BCUT2D eigenvalue weighted by molar-refractivity contribution is 0.103. The van der Waals surface area contributed by atoms with E-state index in [-0.39, 0.29) is 5.66 Å². The highest BCUT2D eigenvalue weighted by atomic mass is 31.2. The third kappa shape index (κ3) is 8.26. The molecule has 22 heavy (non-hydrogen) atoms. The molecule has 0 saturated heterocycles. The van der Waals surface area contributed by atoms with E-state index < -0.39 is 30.9 Å². The summed E-state index contributed by atoms with van der Waals surface area (Å²) in [5.41, 5.74) is -0.704. The first-order valence-corrected chi connectivity index (χ1v) is 10.8. The van der Waals surface area contributed by atoms with Gasteiger partial charge < -0.3 is 14.3 Å². The normalized spacial score (nSPS) is 19.0. The van der Waals surface area contributed by atoms with Gasteiger partial charge in [-0.15, -0.1) is 0 Å². The summed E-state index contributed by atoms with van der Waals surface area (Å²) in [5, 5.41) is -1.18. The van der Waals surface area contributed by atoms with Crippen LogP contribution in [0.1, 0.15) is 76.2 Å². The van der Waals surface area contributed by atoms with Crippen molar-refractivity contribution < 1.29 is 23.4 Å². The topological polar surface area (TPSA) is 83.8 Å². The van der Waals surface area contributed by atoms with Gasteiger partial charge in [0.1, 0.15) is 0 Å². The van der Waals surface area contributed by atoms with E-state index in [4.69, 9.17) is 4.52 Å². The maximum Gasteiger partial charge on any atom is 0.333 e. The average molecular weight is 358 g/mol. The molecule has 0 bridgehead atoms. The summed E-state index contributed by atoms with van der Waals surface area (Å²) >= 11 is 0. The van der Waals surface area contributed by atoms with Crippen LogP contribution in [0.2, 0.25) is 0 Å². The van der Waals surface area contributed by atoms with Crippen LogP contribution >= 0.6 is 15.0 Å². The first-order valence-electron chi connectivity index (χ1n) is 7.51. The SMILES string of the molecule is CC(C)(C)OP(=O)(O)C(C)(C)C.CC(C)P(=O)(O)C(C)(C)C. The molecule has 0 rings (SSSR count). The Kier molecular flexibility index (Phi) is 8.37. The summed E-state index contributed by atoms with van der Waals surface area (Å²) in [6, 6.07) is 0. The van der Waals surface area contributed by atoms with Gasteiger partial charge in [-0.25, -0.2) is 0 Å². The molecule has 5 nitrogen and oxygen atoms in total. The van der Waals surface area contributed by atoms with E-state index in [1.165, 1.54) is 0 Å². The Balaban J connectivity index is 0. The molecule has 0 amide bonds. The van der Waals surface area contributed by atoms with E-state index >= 15 is 0 Å². The van der Waals surface area contributed by atoms with Crippen molar-refractivity contribution in [3.8, 4) is 0 Å². The molecule has 2 atom stereocenters. The minimum absolute atomic E-state index is 0.132. The standard InChI is InChI=1S/C8H19O3P.C7H17O2P/c1-7(2,3)11-12(9,10)8(4,5)6;1-6(2)10(8,9)7(3,4)5/h1-6H3,(H,9,10);6H,1-5H3,(H,8,9). The van der Waals surface area contributed by atoms with Crippen LogP contribution in [0, 0.1) is 0 Å². The highest BCUT2D eigenvalue weighted by Crippen LogP contribution is 2.58. The molecule has 0 aromatic heterocycles. The Hall–Kier alpha value is 0.340. The molecule has 0 heterocycles. The predicted octanol–water partition coefficient (Wildman–Crippen LogP) is 5.25. The molecule has 7 heteroatoms. The molecule has 0 radical (unpaired) electrons. The van der Waals surface area contributed by atoms with Crippen molar-refractivity contribution in [1.82, 2.24) is 0 Å². The summed E-state index contributed by atoms with van der Waals surface area (Å²) in [5.74, 6) is 0. The number of rotatable bonds is 2. The van der Waals surface area contributed by atoms with Crippen LogP contribution in [-0.4, -0.2) is 31.4 Å². The lowest BCUT2D eigenvalue weighted by Gasteiger charge is -2.31. The van der Waals surface area contributed by atoms with Gasteiger partial charge in [-0.3, -0.25) is 9.13 Å². The fourth-order valence-electron chi connectivity index (χ4n) is 1.28. The minimum atomic E-state index is -3.50. The van der Waals surface area contributed by atoms with Crippen LogP contribution in [0.4, 0.5) is 0 Å². The van der Waals surface area contributed by atoms with E-state index in [2.05, 4.69) is 0 Å². The van der Waals surface area contributed by atoms with Gasteiger partial charge in [-0.2, -0.15) is 0 Å². The van der Waals surface area contributed by atoms with Crippen molar-refractivity contribution in [1.29, 1.82) is 0 Å². The van der Waals surface area contributed by atoms with Crippen LogP contribution in [-0.2, 0) is 13.7 Å². The van der Waals surface area contributed by atoms with Crippen LogP contribution in [0.5, 0.6) is 0 Å². The molecule has 0 saturated carbocycles. The number of hydrogen-bond donors (Lipinski definition) is 2. The summed E-state index contributed by atoms with van der Waals surface area (Å²) in [4.78, 5) is 19.0. The largest absolute Gasteiger partial charge is 0.344 e. The van der Waals surface area contributed by atoms with E-state index in [9.17, 15) is 18.9 Å². The molecule has 0 spiro atoms. The Morgan fingerprint density at radius 3 is 1.14 bits per heavy atom. The third-order valence-corrected chi connectivity index (χ3v) is 8.72. The Morgan fingerprint density at radius 1 is 0.773 bits per heavy atom. The quantitative estimate of drug-likeness (QED) is 0.659. The fraction of sp³-hybridized carbons (Fsp3) is 1.00. The van der Waals surface area contributed by atoms with Crippen LogP contribution in [0.3, 0.4) is 0 Å². The molecule has 0 fully saturated rings. The Bertz CT molecular complexity index is 436. The second-order valence-corrected chi connectivity index (χ2v) is 15.0. The molecule has 136 valence electrons. The summed E-state index contributed by atoms with van der Waals surface area (Å²) in [7, 11) is -6.45. The van der Waals surface area contributed by atoms with Gasteiger partial charge in [0.25, 0.3) is 0 Å². The zero-order chi connectivity index (χ0) is 18.8. The van der Waals surface area contributed by atoms with Gasteiger partial charge in [0, 0.05) is 10.8 Å². The maximum atomic E-state index is 11.6. The molecule has 0 aliphatic rings. The van der Waals surface area contributed by atoms with Crippen LogP contribution in [0.15, 0.2) is 0 Å². The first kappa shape index (κ1) is 24.6. The fourth-order valence-corrected chi connectivity index (χ4v) is 3.85. The van der Waals surface area contributed by atoms with Gasteiger partial charge in [0.05, 0.1) is 10.8 Å². The van der Waals surface area contributed by atoms with Crippen LogP contribution < -0.4 is 0 Å². The zero-order valence-corrected chi connectivity index (χ0v) is 17.9. The van der Waals surface area contributed by atoms with Gasteiger partial charge in [-0.05, 0) is 41.5 Å².